The van der Waals surface area contributed by atoms with Crippen molar-refractivity contribution in [2.24, 2.45) is 0 Å². The van der Waals surface area contributed by atoms with Crippen LogP contribution in [0.5, 0.6) is 5.75 Å². The Bertz CT molecular complexity index is 1310. The van der Waals surface area contributed by atoms with Gasteiger partial charge in [-0.2, -0.15) is 8.78 Å². The molecule has 0 radical (unpaired) electrons. The third-order valence-corrected chi connectivity index (χ3v) is 7.33. The van der Waals surface area contributed by atoms with E-state index >= 15 is 4.39 Å². The molecule has 38 heavy (non-hydrogen) atoms. The van der Waals surface area contributed by atoms with Crippen LogP contribution in [0.3, 0.4) is 0 Å². The second-order valence-electron chi connectivity index (χ2n) is 9.97. The lowest BCUT2D eigenvalue weighted by Crippen LogP contribution is -2.31. The van der Waals surface area contributed by atoms with Gasteiger partial charge in [0.1, 0.15) is 18.2 Å². The molecule has 5 rings (SSSR count). The average molecular weight is 526 g/mol. The number of rotatable bonds is 8. The van der Waals surface area contributed by atoms with Gasteiger partial charge in [0.2, 0.25) is 0 Å². The molecule has 0 aromatic heterocycles. The van der Waals surface area contributed by atoms with Crippen LogP contribution >= 0.6 is 0 Å². The van der Waals surface area contributed by atoms with Crippen LogP contribution in [0, 0.1) is 5.82 Å². The van der Waals surface area contributed by atoms with Crippen molar-refractivity contribution in [2.75, 3.05) is 13.7 Å². The predicted octanol–water partition coefficient (Wildman–Crippen LogP) is 6.41. The number of benzene rings is 3. The predicted molar refractivity (Wildman–Crippen MR) is 136 cm³/mol. The number of nitrogens with one attached hydrogen (secondary N) is 1. The van der Waals surface area contributed by atoms with Gasteiger partial charge in [0, 0.05) is 16.7 Å². The lowest BCUT2D eigenvalue weighted by molar-refractivity contribution is -0.103. The number of alkyl halides is 2. The Morgan fingerprint density at radius 1 is 1.13 bits per heavy atom. The fraction of sp³-hybridized carbons (Fsp3) is 0.367. The minimum absolute atomic E-state index is 0.0153. The van der Waals surface area contributed by atoms with E-state index in [0.29, 0.717) is 23.5 Å². The van der Waals surface area contributed by atoms with E-state index in [4.69, 9.17) is 14.2 Å². The highest BCUT2D eigenvalue weighted by molar-refractivity contribution is 5.94. The van der Waals surface area contributed by atoms with Gasteiger partial charge in [-0.25, -0.2) is 4.39 Å². The van der Waals surface area contributed by atoms with E-state index in [0.717, 1.165) is 18.4 Å². The Morgan fingerprint density at radius 3 is 2.63 bits per heavy atom. The van der Waals surface area contributed by atoms with Crippen LogP contribution in [0.2, 0.25) is 0 Å². The summed E-state index contributed by atoms with van der Waals surface area (Å²) < 4.78 is 59.8. The molecule has 1 atom stereocenters. The first-order valence-electron chi connectivity index (χ1n) is 12.7. The fourth-order valence-electron chi connectivity index (χ4n) is 5.09. The van der Waals surface area contributed by atoms with Crippen molar-refractivity contribution in [2.45, 2.75) is 57.0 Å². The molecule has 1 heterocycles. The number of hydrogen-bond donors (Lipinski definition) is 1. The molecule has 3 aromatic rings. The van der Waals surface area contributed by atoms with Gasteiger partial charge in [0.05, 0.1) is 32.5 Å². The summed E-state index contributed by atoms with van der Waals surface area (Å²) in [6, 6.07) is 16.5. The zero-order valence-corrected chi connectivity index (χ0v) is 21.3. The first-order valence-corrected chi connectivity index (χ1v) is 12.7. The molecule has 1 fully saturated rings. The number of ether oxygens (including phenoxy) is 3. The molecule has 1 N–H and O–H groups in total. The fourth-order valence-corrected chi connectivity index (χ4v) is 5.09. The standard InChI is InChI=1S/C30H30F3NO4/c1-18(34-29(35)20-8-9-26-22(10-20)16-37-17-30(26,32)33)24-13-27(31)25(14-28(24)36-2)21-11-23(12-21)38-15-19-6-4-3-5-7-19/h3-10,13-14,18,21,23H,11-12,15-17H2,1-2H3,(H,34,35)/t18-,21?,23?/m0/s1. The average Bonchev–Trinajstić information content (AvgIpc) is 2.88. The highest BCUT2D eigenvalue weighted by Gasteiger charge is 2.38. The minimum atomic E-state index is -3.09. The van der Waals surface area contributed by atoms with Crippen LogP contribution in [0.25, 0.3) is 0 Å². The van der Waals surface area contributed by atoms with Gasteiger partial charge >= 0.3 is 0 Å². The summed E-state index contributed by atoms with van der Waals surface area (Å²) in [5.41, 5.74) is 2.54. The van der Waals surface area contributed by atoms with Gasteiger partial charge in [-0.1, -0.05) is 36.4 Å². The summed E-state index contributed by atoms with van der Waals surface area (Å²) in [7, 11) is 1.51. The Labute approximate surface area is 219 Å². The summed E-state index contributed by atoms with van der Waals surface area (Å²) in [6.07, 6.45) is 1.52. The van der Waals surface area contributed by atoms with Gasteiger partial charge < -0.3 is 19.5 Å². The van der Waals surface area contributed by atoms with E-state index in [1.54, 1.807) is 13.0 Å². The lowest BCUT2D eigenvalue weighted by atomic mass is 9.76. The highest BCUT2D eigenvalue weighted by Crippen LogP contribution is 2.43. The van der Waals surface area contributed by atoms with Crippen molar-refractivity contribution in [3.63, 3.8) is 0 Å². The molecule has 1 aliphatic carbocycles. The quantitative estimate of drug-likeness (QED) is 0.369. The van der Waals surface area contributed by atoms with Gasteiger partial charge in [-0.15, -0.1) is 0 Å². The molecule has 0 bridgehead atoms. The molecule has 1 amide bonds. The maximum Gasteiger partial charge on any atom is 0.296 e. The summed E-state index contributed by atoms with van der Waals surface area (Å²) in [6.45, 7) is 1.59. The first kappa shape index (κ1) is 26.3. The number of fused-ring (bicyclic) bond motifs is 1. The molecule has 8 heteroatoms. The molecule has 3 aromatic carbocycles. The van der Waals surface area contributed by atoms with E-state index in [2.05, 4.69) is 5.32 Å². The van der Waals surface area contributed by atoms with Crippen LogP contribution in [0.15, 0.2) is 60.7 Å². The Kier molecular flexibility index (Phi) is 7.45. The minimum Gasteiger partial charge on any atom is -0.496 e. The Morgan fingerprint density at radius 2 is 1.89 bits per heavy atom. The smallest absolute Gasteiger partial charge is 0.296 e. The van der Waals surface area contributed by atoms with E-state index in [-0.39, 0.29) is 41.1 Å². The topological polar surface area (TPSA) is 56.8 Å². The monoisotopic (exact) mass is 525 g/mol. The van der Waals surface area contributed by atoms with Crippen molar-refractivity contribution < 1.29 is 32.2 Å². The number of amides is 1. The summed E-state index contributed by atoms with van der Waals surface area (Å²) in [5.74, 6) is -3.41. The van der Waals surface area contributed by atoms with Gasteiger partial charge in [-0.3, -0.25) is 4.79 Å². The second kappa shape index (κ2) is 10.8. The van der Waals surface area contributed by atoms with Crippen molar-refractivity contribution in [1.82, 2.24) is 5.32 Å². The number of carbonyl (C=O) groups excluding carboxylic acids is 1. The van der Waals surface area contributed by atoms with E-state index in [1.165, 1.54) is 31.4 Å². The number of hydrogen-bond acceptors (Lipinski definition) is 4. The normalized spacial score (nSPS) is 20.7. The first-order chi connectivity index (χ1) is 18.2. The Balaban J connectivity index is 1.24. The van der Waals surface area contributed by atoms with Crippen molar-refractivity contribution in [3.8, 4) is 5.75 Å². The molecule has 200 valence electrons. The summed E-state index contributed by atoms with van der Waals surface area (Å²) in [5, 5.41) is 2.82. The molecule has 1 saturated carbocycles. The zero-order valence-electron chi connectivity index (χ0n) is 21.3. The molecular formula is C30H30F3NO4. The molecule has 2 aliphatic rings. The second-order valence-corrected chi connectivity index (χ2v) is 9.97. The maximum atomic E-state index is 15.2. The van der Waals surface area contributed by atoms with Crippen molar-refractivity contribution in [1.29, 1.82) is 0 Å². The van der Waals surface area contributed by atoms with E-state index in [9.17, 15) is 13.6 Å². The van der Waals surface area contributed by atoms with Crippen LogP contribution < -0.4 is 10.1 Å². The van der Waals surface area contributed by atoms with Crippen LogP contribution in [0.1, 0.15) is 69.9 Å². The SMILES string of the molecule is COc1cc(C2CC(OCc3ccccc3)C2)c(F)cc1[C@H](C)NC(=O)c1ccc2c(c1)COCC2(F)F. The Hall–Kier alpha value is -3.36. The largest absolute Gasteiger partial charge is 0.496 e. The number of methoxy groups -OCH3 is 1. The third kappa shape index (κ3) is 5.42. The maximum absolute atomic E-state index is 15.2. The van der Waals surface area contributed by atoms with Crippen LogP contribution in [-0.2, 0) is 28.6 Å². The van der Waals surface area contributed by atoms with Crippen LogP contribution in [-0.4, -0.2) is 25.7 Å². The number of carbonyl (C=O) groups is 1. The number of halogens is 3. The summed E-state index contributed by atoms with van der Waals surface area (Å²) in [4.78, 5) is 12.9. The van der Waals surface area contributed by atoms with Gasteiger partial charge in [0.15, 0.2) is 0 Å². The molecule has 0 unspecified atom stereocenters. The zero-order chi connectivity index (χ0) is 26.9. The molecule has 5 nitrogen and oxygen atoms in total. The van der Waals surface area contributed by atoms with E-state index in [1.807, 2.05) is 30.3 Å². The molecule has 0 saturated heterocycles. The van der Waals surface area contributed by atoms with Crippen molar-refractivity contribution >= 4 is 5.91 Å². The van der Waals surface area contributed by atoms with Crippen LogP contribution in [0.4, 0.5) is 13.2 Å². The molecule has 1 aliphatic heterocycles. The lowest BCUT2D eigenvalue weighted by Gasteiger charge is -2.36. The molecular weight excluding hydrogens is 495 g/mol. The van der Waals surface area contributed by atoms with E-state index < -0.39 is 24.5 Å². The summed E-state index contributed by atoms with van der Waals surface area (Å²) >= 11 is 0. The van der Waals surface area contributed by atoms with Gasteiger partial charge in [-0.05, 0) is 66.6 Å². The molecule has 0 spiro atoms. The van der Waals surface area contributed by atoms with Gasteiger partial charge in [0.25, 0.3) is 11.8 Å². The van der Waals surface area contributed by atoms with Crippen molar-refractivity contribution in [3.05, 3.63) is 99.9 Å². The third-order valence-electron chi connectivity index (χ3n) is 7.33. The highest BCUT2D eigenvalue weighted by atomic mass is 19.3.